The molecule has 0 radical (unpaired) electrons. The molecule has 1 N–H and O–H groups in total. The van der Waals surface area contributed by atoms with Crippen LogP contribution in [-0.2, 0) is 17.7 Å². The lowest BCUT2D eigenvalue weighted by molar-refractivity contribution is 0.146. The van der Waals surface area contributed by atoms with Gasteiger partial charge in [0.25, 0.3) is 0 Å². The maximum absolute atomic E-state index is 5.65. The lowest BCUT2D eigenvalue weighted by atomic mass is 10.00. The maximum atomic E-state index is 5.65. The van der Waals surface area contributed by atoms with Crippen LogP contribution in [0, 0.1) is 0 Å². The molecule has 0 aliphatic carbocycles. The molecule has 1 aliphatic rings. The fourth-order valence-corrected chi connectivity index (χ4v) is 4.04. The van der Waals surface area contributed by atoms with Crippen LogP contribution in [0.25, 0.3) is 10.9 Å². The third kappa shape index (κ3) is 4.36. The van der Waals surface area contributed by atoms with E-state index in [4.69, 9.17) is 19.4 Å². The van der Waals surface area contributed by atoms with Crippen molar-refractivity contribution in [2.24, 2.45) is 0 Å². The minimum absolute atomic E-state index is 0. The van der Waals surface area contributed by atoms with Crippen LogP contribution in [0.3, 0.4) is 0 Å². The Morgan fingerprint density at radius 1 is 0.906 bits per heavy atom. The molecule has 164 valence electrons. The van der Waals surface area contributed by atoms with Gasteiger partial charge in [-0.2, -0.15) is 4.98 Å². The zero-order chi connectivity index (χ0) is 21.8. The van der Waals surface area contributed by atoms with Gasteiger partial charge in [-0.05, 0) is 53.9 Å². The molecule has 3 aromatic carbocycles. The minimum atomic E-state index is 0. The van der Waals surface area contributed by atoms with Crippen molar-refractivity contribution >= 4 is 28.4 Å². The van der Waals surface area contributed by atoms with Crippen LogP contribution in [0.5, 0.6) is 5.75 Å². The third-order valence-corrected chi connectivity index (χ3v) is 5.68. The number of nitrogens with zero attached hydrogens (tertiary/aromatic N) is 3. The second-order valence-electron chi connectivity index (χ2n) is 7.82. The predicted octanol–water partition coefficient (Wildman–Crippen LogP) is 5.21. The van der Waals surface area contributed by atoms with Gasteiger partial charge in [-0.25, -0.2) is 4.98 Å². The molecule has 0 fully saturated rings. The van der Waals surface area contributed by atoms with Gasteiger partial charge in [-0.15, -0.1) is 0 Å². The van der Waals surface area contributed by atoms with Crippen LogP contribution < -0.4 is 15.0 Å². The molecule has 2 heterocycles. The molecule has 0 spiro atoms. The second-order valence-corrected chi connectivity index (χ2v) is 7.82. The lowest BCUT2D eigenvalue weighted by Crippen LogP contribution is -2.31. The summed E-state index contributed by atoms with van der Waals surface area (Å²) in [4.78, 5) is 12.0. The molecule has 0 atom stereocenters. The summed E-state index contributed by atoms with van der Waals surface area (Å²) in [7, 11) is 1.66. The third-order valence-electron chi connectivity index (χ3n) is 5.68. The van der Waals surface area contributed by atoms with Gasteiger partial charge in [0.2, 0.25) is 5.95 Å². The Bertz CT molecular complexity index is 1220. The van der Waals surface area contributed by atoms with Crippen molar-refractivity contribution in [3.8, 4) is 5.75 Å². The smallest absolute Gasteiger partial charge is 0.229 e. The average Bonchev–Trinajstić information content (AvgIpc) is 2.84. The summed E-state index contributed by atoms with van der Waals surface area (Å²) in [6.07, 6.45) is 1.02. The number of hydrogen-bond acceptors (Lipinski definition) is 6. The lowest BCUT2D eigenvalue weighted by Gasteiger charge is -2.30. The molecular formula is C26H28N4O2. The van der Waals surface area contributed by atoms with E-state index in [0.717, 1.165) is 47.7 Å². The van der Waals surface area contributed by atoms with E-state index in [-0.39, 0.29) is 1.43 Å². The largest absolute Gasteiger partial charge is 0.491 e. The first kappa shape index (κ1) is 20.3. The first-order valence-corrected chi connectivity index (χ1v) is 10.9. The van der Waals surface area contributed by atoms with Gasteiger partial charge < -0.3 is 19.7 Å². The summed E-state index contributed by atoms with van der Waals surface area (Å²) in [5.74, 6) is 2.36. The van der Waals surface area contributed by atoms with Gasteiger partial charge >= 0.3 is 0 Å². The summed E-state index contributed by atoms with van der Waals surface area (Å²) >= 11 is 0. The van der Waals surface area contributed by atoms with Gasteiger partial charge in [-0.1, -0.05) is 36.4 Å². The van der Waals surface area contributed by atoms with Crippen molar-refractivity contribution in [2.75, 3.05) is 37.1 Å². The van der Waals surface area contributed by atoms with Crippen molar-refractivity contribution in [1.82, 2.24) is 9.97 Å². The highest BCUT2D eigenvalue weighted by atomic mass is 16.5. The fraction of sp³-hybridized carbons (Fsp3) is 0.231. The van der Waals surface area contributed by atoms with Gasteiger partial charge in [-0.3, -0.25) is 0 Å². The van der Waals surface area contributed by atoms with Crippen LogP contribution in [0.2, 0.25) is 0 Å². The number of ether oxygens (including phenoxy) is 2. The molecular weight excluding hydrogens is 400 g/mol. The first-order chi connectivity index (χ1) is 15.8. The molecule has 4 aromatic rings. The zero-order valence-corrected chi connectivity index (χ0v) is 18.1. The quantitative estimate of drug-likeness (QED) is 0.408. The van der Waals surface area contributed by atoms with Crippen molar-refractivity contribution in [3.05, 3.63) is 83.9 Å². The van der Waals surface area contributed by atoms with E-state index in [2.05, 4.69) is 40.5 Å². The number of aromatic nitrogens is 2. The zero-order valence-electron chi connectivity index (χ0n) is 18.1. The number of anilines is 3. The van der Waals surface area contributed by atoms with Crippen molar-refractivity contribution in [1.29, 1.82) is 0 Å². The number of fused-ring (bicyclic) bond motifs is 2. The number of nitrogens with one attached hydrogen (secondary N) is 1. The summed E-state index contributed by atoms with van der Waals surface area (Å²) in [6.45, 7) is 2.88. The molecule has 6 nitrogen and oxygen atoms in total. The Hall–Kier alpha value is -3.64. The van der Waals surface area contributed by atoms with Crippen molar-refractivity contribution in [3.63, 3.8) is 0 Å². The molecule has 32 heavy (non-hydrogen) atoms. The van der Waals surface area contributed by atoms with Crippen LogP contribution in [-0.4, -0.2) is 36.8 Å². The Kier molecular flexibility index (Phi) is 5.85. The molecule has 5 rings (SSSR count). The summed E-state index contributed by atoms with van der Waals surface area (Å²) < 4.78 is 10.7. The van der Waals surface area contributed by atoms with Crippen LogP contribution in [0.1, 0.15) is 12.6 Å². The summed E-state index contributed by atoms with van der Waals surface area (Å²) in [5.41, 5.74) is 4.63. The van der Waals surface area contributed by atoms with Crippen molar-refractivity contribution < 1.29 is 10.9 Å². The van der Waals surface area contributed by atoms with E-state index in [0.29, 0.717) is 19.2 Å². The Morgan fingerprint density at radius 3 is 2.53 bits per heavy atom. The van der Waals surface area contributed by atoms with Gasteiger partial charge in [0.05, 0.1) is 12.1 Å². The van der Waals surface area contributed by atoms with Crippen LogP contribution >= 0.6 is 0 Å². The molecule has 0 amide bonds. The highest BCUT2D eigenvalue weighted by Crippen LogP contribution is 2.30. The van der Waals surface area contributed by atoms with Gasteiger partial charge in [0.15, 0.2) is 0 Å². The van der Waals surface area contributed by atoms with E-state index in [1.54, 1.807) is 7.11 Å². The highest BCUT2D eigenvalue weighted by Gasteiger charge is 2.20. The molecule has 1 aromatic heterocycles. The number of methoxy groups -OCH3 is 1. The molecule has 6 heteroatoms. The number of hydrogen-bond donors (Lipinski definition) is 1. The van der Waals surface area contributed by atoms with E-state index in [1.807, 2.05) is 42.5 Å². The monoisotopic (exact) mass is 428 g/mol. The number of benzene rings is 3. The molecule has 1 aliphatic heterocycles. The van der Waals surface area contributed by atoms with E-state index >= 15 is 0 Å². The van der Waals surface area contributed by atoms with E-state index in [9.17, 15) is 0 Å². The highest BCUT2D eigenvalue weighted by molar-refractivity contribution is 5.91. The summed E-state index contributed by atoms with van der Waals surface area (Å²) in [5, 5.41) is 4.43. The fourth-order valence-electron chi connectivity index (χ4n) is 4.04. The second kappa shape index (κ2) is 9.24. The maximum Gasteiger partial charge on any atom is 0.229 e. The Balaban J connectivity index is 0.00000259. The predicted molar refractivity (Wildman–Crippen MR) is 130 cm³/mol. The first-order valence-electron chi connectivity index (χ1n) is 10.9. The molecule has 0 bridgehead atoms. The number of para-hydroxylation sites is 1. The standard InChI is InChI=1S/C26H26N4O2.H2/c1-31-16-17-32-22-12-10-21(11-13-22)27-26-28-24-9-5-4-8-23(24)25(29-26)30-15-14-19-6-2-3-7-20(19)18-30;/h2-13H,14-18H2,1H3,(H,27,28,29);1H. The molecule has 0 unspecified atom stereocenters. The van der Waals surface area contributed by atoms with Gasteiger partial charge in [0.1, 0.15) is 18.2 Å². The Morgan fingerprint density at radius 2 is 1.69 bits per heavy atom. The topological polar surface area (TPSA) is 59.5 Å². The normalized spacial score (nSPS) is 13.1. The molecule has 0 saturated carbocycles. The van der Waals surface area contributed by atoms with E-state index in [1.165, 1.54) is 11.1 Å². The minimum Gasteiger partial charge on any atom is -0.491 e. The van der Waals surface area contributed by atoms with Crippen LogP contribution in [0.4, 0.5) is 17.5 Å². The number of rotatable bonds is 7. The van der Waals surface area contributed by atoms with E-state index < -0.39 is 0 Å². The Labute approximate surface area is 189 Å². The van der Waals surface area contributed by atoms with Crippen LogP contribution in [0.15, 0.2) is 72.8 Å². The average molecular weight is 429 g/mol. The summed E-state index contributed by atoms with van der Waals surface area (Å²) in [6, 6.07) is 24.7. The SMILES string of the molecule is COCCOc1ccc(Nc2nc(N3CCc4ccccc4C3)c3ccccc3n2)cc1.[HH]. The van der Waals surface area contributed by atoms with Crippen molar-refractivity contribution in [2.45, 2.75) is 13.0 Å². The molecule has 0 saturated heterocycles. The van der Waals surface area contributed by atoms with Gasteiger partial charge in [0, 0.05) is 32.7 Å².